The van der Waals surface area contributed by atoms with E-state index in [-0.39, 0.29) is 45.1 Å². The topological polar surface area (TPSA) is 83.1 Å². The first-order valence-corrected chi connectivity index (χ1v) is 23.5. The molecule has 0 aliphatic heterocycles. The van der Waals surface area contributed by atoms with Gasteiger partial charge in [-0.25, -0.2) is 52.7 Å². The van der Waals surface area contributed by atoms with Crippen LogP contribution in [-0.4, -0.2) is 77.9 Å². The first-order valence-electron chi connectivity index (χ1n) is 21.1. The minimum Gasteiger partial charge on any atom is -0.409 e. The van der Waals surface area contributed by atoms with Gasteiger partial charge in [-0.1, -0.05) is 0 Å². The van der Waals surface area contributed by atoms with Crippen molar-refractivity contribution in [1.29, 1.82) is 0 Å². The van der Waals surface area contributed by atoms with Crippen LogP contribution in [0.25, 0.3) is 0 Å². The van der Waals surface area contributed by atoms with E-state index in [4.69, 9.17) is 0 Å². The van der Waals surface area contributed by atoms with Gasteiger partial charge in [0.15, 0.2) is 23.1 Å². The largest absolute Gasteiger partial charge is 0.535 e. The fraction of sp³-hybridized carbons (Fsp3) is 0.250. The molecular weight excluding hydrogens is 1270 g/mol. The Morgan fingerprint density at radius 2 is 0.631 bits per heavy atom. The van der Waals surface area contributed by atoms with E-state index in [0.29, 0.717) is 75.9 Å². The van der Waals surface area contributed by atoms with Crippen molar-refractivity contribution in [3.8, 4) is 17.2 Å². The van der Waals surface area contributed by atoms with E-state index in [2.05, 4.69) is 42.6 Å². The van der Waals surface area contributed by atoms with E-state index < -0.39 is 127 Å². The molecule has 6 aromatic rings. The monoisotopic (exact) mass is 1310 g/mol. The molecule has 0 radical (unpaired) electrons. The van der Waals surface area contributed by atoms with Crippen molar-refractivity contribution in [1.82, 2.24) is 0 Å². The summed E-state index contributed by atoms with van der Waals surface area (Å²) in [6, 6.07) is 12.6. The normalized spacial score (nSPS) is 11.6. The molecule has 0 aromatic heterocycles. The van der Waals surface area contributed by atoms with Crippen molar-refractivity contribution in [2.75, 3.05) is 42.7 Å². The Hall–Kier alpha value is -6.15. The highest BCUT2D eigenvalue weighted by Gasteiger charge is 2.36. The van der Waals surface area contributed by atoms with Gasteiger partial charge in [0.2, 0.25) is 0 Å². The smallest absolute Gasteiger partial charge is 0.409 e. The first kappa shape index (κ1) is 75.9. The molecule has 9 nitrogen and oxygen atoms in total. The Balaban J connectivity index is 0.000000504. The van der Waals surface area contributed by atoms with Crippen molar-refractivity contribution >= 4 is 35.3 Å². The second-order valence-electron chi connectivity index (χ2n) is 14.1. The van der Waals surface area contributed by atoms with Gasteiger partial charge < -0.3 is 28.4 Å². The molecule has 468 valence electrons. The highest BCUT2D eigenvalue weighted by Crippen LogP contribution is 2.40. The third-order valence-corrected chi connectivity index (χ3v) is 10.8. The Morgan fingerprint density at radius 1 is 0.274 bits per heavy atom. The number of halogens is 24. The number of rotatable bonds is 18. The molecule has 0 bridgehead atoms. The molecule has 0 N–H and O–H groups in total. The van der Waals surface area contributed by atoms with Crippen LogP contribution in [0.15, 0.2) is 124 Å². The van der Waals surface area contributed by atoms with Gasteiger partial charge in [0, 0.05) is 90.0 Å². The summed E-state index contributed by atoms with van der Waals surface area (Å²) in [6.07, 6.45) is -11.8. The van der Waals surface area contributed by atoms with Crippen molar-refractivity contribution in [2.45, 2.75) is 49.9 Å². The van der Waals surface area contributed by atoms with Gasteiger partial charge in [-0.15, -0.1) is 26.3 Å². The molecule has 0 aliphatic rings. The first-order chi connectivity index (χ1) is 38.6. The summed E-state index contributed by atoms with van der Waals surface area (Å²) >= 11 is -0.361. The second-order valence-corrected chi connectivity index (χ2v) is 17.5. The van der Waals surface area contributed by atoms with Crippen LogP contribution in [0.3, 0.4) is 0 Å². The fourth-order valence-corrected chi connectivity index (χ4v) is 6.45. The van der Waals surface area contributed by atoms with E-state index in [1.54, 1.807) is 0 Å². The quantitative estimate of drug-likeness (QED) is 0.0467. The van der Waals surface area contributed by atoms with Gasteiger partial charge in [0.1, 0.15) is 63.9 Å². The molecule has 0 spiro atoms. The third kappa shape index (κ3) is 30.6. The summed E-state index contributed by atoms with van der Waals surface area (Å²) in [5.74, 6) is -13.8. The standard InChI is InChI=1S/3C8H6F4O2.3C8H6F4OS/c1-13-8(11,12)14-7-3-5(9)2-6(10)4-7;1-13-8(11,12)14-7-3-2-5(9)4-6(7)10;1-13-8(11,12)14-7-4-5(9)2-3-6(7)10;1-13-8(11,12)14-7-3-5(9)2-6(10)4-7;1-13-8(11,12)14-7-3-2-5(9)4-6(7)10;1-13-8(11,12)14-7-4-5(9)2-3-6(7)10/h6*2-4H,1H3. The van der Waals surface area contributed by atoms with E-state index >= 15 is 0 Å². The summed E-state index contributed by atoms with van der Waals surface area (Å²) in [7, 11) is 4.47. The molecule has 0 heterocycles. The maximum Gasteiger partial charge on any atom is 0.535 e. The lowest BCUT2D eigenvalue weighted by Crippen LogP contribution is -2.27. The maximum atomic E-state index is 12.9. The highest BCUT2D eigenvalue weighted by molar-refractivity contribution is 8.00. The molecule has 0 atom stereocenters. The van der Waals surface area contributed by atoms with Crippen LogP contribution in [0, 0.1) is 69.8 Å². The van der Waals surface area contributed by atoms with Gasteiger partial charge in [0.25, 0.3) is 0 Å². The predicted octanol–water partition coefficient (Wildman–Crippen LogP) is 17.4. The number of benzene rings is 6. The summed E-state index contributed by atoms with van der Waals surface area (Å²) in [5, 5.41) is 0. The molecule has 6 rings (SSSR count). The molecule has 0 fully saturated rings. The third-order valence-electron chi connectivity index (χ3n) is 8.06. The van der Waals surface area contributed by atoms with Crippen molar-refractivity contribution in [3.05, 3.63) is 179 Å². The van der Waals surface area contributed by atoms with Gasteiger partial charge >= 0.3 is 35.2 Å². The summed E-state index contributed by atoms with van der Waals surface area (Å²) < 4.78 is 335. The number of alkyl halides is 12. The van der Waals surface area contributed by atoms with Gasteiger partial charge in [-0.3, -0.25) is 14.2 Å². The molecule has 0 aliphatic carbocycles. The Morgan fingerprint density at radius 3 is 1.07 bits per heavy atom. The minimum absolute atomic E-state index is 0.0613. The van der Waals surface area contributed by atoms with Crippen LogP contribution < -0.4 is 14.2 Å². The molecule has 0 unspecified atom stereocenters. The number of ether oxygens (including phenoxy) is 9. The van der Waals surface area contributed by atoms with E-state index in [1.165, 1.54) is 0 Å². The SMILES string of the molecule is COC(F)(F)Oc1cc(F)cc(F)c1.COC(F)(F)Oc1cc(F)ccc1F.COC(F)(F)Oc1ccc(F)cc1F.COC(F)(F)Sc1cc(F)cc(F)c1.COC(F)(F)Sc1cc(F)ccc1F.COC(F)(F)Sc1ccc(F)cc1F. The van der Waals surface area contributed by atoms with Crippen LogP contribution in [0.4, 0.5) is 105 Å². The number of methoxy groups -OCH3 is 6. The molecule has 6 aromatic carbocycles. The van der Waals surface area contributed by atoms with E-state index in [9.17, 15) is 105 Å². The average molecular weight is 1310 g/mol. The lowest BCUT2D eigenvalue weighted by atomic mass is 10.3. The predicted molar refractivity (Wildman–Crippen MR) is 249 cm³/mol. The fourth-order valence-electron chi connectivity index (χ4n) is 4.44. The molecule has 0 amide bonds. The van der Waals surface area contributed by atoms with Gasteiger partial charge in [-0.05, 0) is 102 Å². The molecule has 84 heavy (non-hydrogen) atoms. The number of hydrogen-bond donors (Lipinski definition) is 0. The van der Waals surface area contributed by atoms with Crippen LogP contribution in [0.2, 0.25) is 0 Å². The summed E-state index contributed by atoms with van der Waals surface area (Å²) in [6.45, 7) is 0. The van der Waals surface area contributed by atoms with Crippen LogP contribution in [0.1, 0.15) is 0 Å². The number of hydrogen-bond acceptors (Lipinski definition) is 12. The molecule has 36 heteroatoms. The Kier molecular flexibility index (Phi) is 30.8. The number of thioether (sulfide) groups is 3. The zero-order valence-corrected chi connectivity index (χ0v) is 44.8. The van der Waals surface area contributed by atoms with Crippen LogP contribution in [0.5, 0.6) is 17.2 Å². The summed E-state index contributed by atoms with van der Waals surface area (Å²) in [4.78, 5) is -1.08. The lowest BCUT2D eigenvalue weighted by molar-refractivity contribution is -0.343. The zero-order chi connectivity index (χ0) is 64.6. The highest BCUT2D eigenvalue weighted by atomic mass is 32.2. The van der Waals surface area contributed by atoms with E-state index in [1.807, 2.05) is 0 Å². The van der Waals surface area contributed by atoms with Crippen molar-refractivity contribution in [2.24, 2.45) is 0 Å². The molecule has 0 saturated carbocycles. The minimum atomic E-state index is -3.98. The van der Waals surface area contributed by atoms with Crippen LogP contribution >= 0.6 is 35.3 Å². The second kappa shape index (κ2) is 34.1. The Bertz CT molecular complexity index is 2750. The average Bonchev–Trinajstić information content (AvgIpc) is 3.38. The summed E-state index contributed by atoms with van der Waals surface area (Å²) in [5.41, 5.74) is -10.6. The molecule has 0 saturated heterocycles. The van der Waals surface area contributed by atoms with Gasteiger partial charge in [-0.2, -0.15) is 26.3 Å². The van der Waals surface area contributed by atoms with Crippen LogP contribution in [-0.2, 0) is 28.4 Å². The molecular formula is C48H36F24O9S3. The van der Waals surface area contributed by atoms with Crippen molar-refractivity contribution in [3.63, 3.8) is 0 Å². The lowest BCUT2D eigenvalue weighted by Gasteiger charge is -2.15. The maximum absolute atomic E-state index is 12.9. The van der Waals surface area contributed by atoms with Crippen molar-refractivity contribution < 1.29 is 148 Å². The Labute approximate surface area is 470 Å². The van der Waals surface area contributed by atoms with E-state index in [0.717, 1.165) is 75.9 Å². The van der Waals surface area contributed by atoms with Gasteiger partial charge in [0.05, 0.1) is 9.79 Å². The zero-order valence-electron chi connectivity index (χ0n) is 42.4.